The summed E-state index contributed by atoms with van der Waals surface area (Å²) in [5, 5.41) is 3.26. The van der Waals surface area contributed by atoms with Crippen LogP contribution < -0.4 is 15.8 Å². The molecule has 5 nitrogen and oxygen atoms in total. The second kappa shape index (κ2) is 5.77. The quantitative estimate of drug-likeness (QED) is 0.843. The van der Waals surface area contributed by atoms with Crippen molar-refractivity contribution in [2.24, 2.45) is 5.92 Å². The molecule has 0 aromatic carbocycles. The Morgan fingerprint density at radius 3 is 2.75 bits per heavy atom. The van der Waals surface area contributed by atoms with Crippen LogP contribution in [0.4, 0.5) is 11.5 Å². The Hall–Kier alpha value is -2.30. The monoisotopic (exact) mass is 270 g/mol. The van der Waals surface area contributed by atoms with E-state index >= 15 is 0 Å². The molecular weight excluding hydrogens is 252 g/mol. The number of nitrogens with two attached hydrogens (primary N) is 1. The third-order valence-electron chi connectivity index (χ3n) is 3.27. The summed E-state index contributed by atoms with van der Waals surface area (Å²) >= 11 is 0. The van der Waals surface area contributed by atoms with Crippen LogP contribution >= 0.6 is 0 Å². The minimum Gasteiger partial charge on any atom is -0.476 e. The van der Waals surface area contributed by atoms with Gasteiger partial charge in [-0.05, 0) is 48.6 Å². The molecule has 3 rings (SSSR count). The fraction of sp³-hybridized carbons (Fsp3) is 0.333. The minimum atomic E-state index is 0.525. The van der Waals surface area contributed by atoms with E-state index in [0.29, 0.717) is 30.6 Å². The number of rotatable bonds is 6. The highest BCUT2D eigenvalue weighted by molar-refractivity contribution is 5.53. The molecule has 20 heavy (non-hydrogen) atoms. The Morgan fingerprint density at radius 2 is 2.00 bits per heavy atom. The summed E-state index contributed by atoms with van der Waals surface area (Å²) in [6.45, 7) is 1.41. The van der Waals surface area contributed by atoms with E-state index in [1.165, 1.54) is 12.8 Å². The molecule has 2 aromatic heterocycles. The van der Waals surface area contributed by atoms with E-state index in [2.05, 4.69) is 15.3 Å². The lowest BCUT2D eigenvalue weighted by molar-refractivity contribution is 0.290. The van der Waals surface area contributed by atoms with Crippen molar-refractivity contribution in [2.45, 2.75) is 19.4 Å². The van der Waals surface area contributed by atoms with E-state index in [-0.39, 0.29) is 0 Å². The molecule has 5 heteroatoms. The van der Waals surface area contributed by atoms with Crippen molar-refractivity contribution >= 4 is 11.5 Å². The first-order valence-corrected chi connectivity index (χ1v) is 6.83. The van der Waals surface area contributed by atoms with Gasteiger partial charge in [-0.2, -0.15) is 4.98 Å². The van der Waals surface area contributed by atoms with E-state index < -0.39 is 0 Å². The fourth-order valence-electron chi connectivity index (χ4n) is 1.84. The Morgan fingerprint density at radius 1 is 1.20 bits per heavy atom. The van der Waals surface area contributed by atoms with Crippen LogP contribution in [0.2, 0.25) is 0 Å². The second-order valence-corrected chi connectivity index (χ2v) is 5.05. The molecule has 1 fully saturated rings. The topological polar surface area (TPSA) is 73.1 Å². The lowest BCUT2D eigenvalue weighted by Gasteiger charge is -2.10. The molecule has 2 aromatic rings. The zero-order valence-corrected chi connectivity index (χ0v) is 11.2. The first-order valence-electron chi connectivity index (χ1n) is 6.83. The SMILES string of the molecule is Nc1ccc(NCc2ccncc2)nc1OCC1CC1. The van der Waals surface area contributed by atoms with Gasteiger partial charge in [0.1, 0.15) is 5.82 Å². The van der Waals surface area contributed by atoms with Gasteiger partial charge in [-0.1, -0.05) is 0 Å². The summed E-state index contributed by atoms with van der Waals surface area (Å²) in [6.07, 6.45) is 6.05. The average Bonchev–Trinajstić information content (AvgIpc) is 3.30. The van der Waals surface area contributed by atoms with Crippen molar-refractivity contribution < 1.29 is 4.74 Å². The van der Waals surface area contributed by atoms with Gasteiger partial charge in [-0.15, -0.1) is 0 Å². The molecule has 2 heterocycles. The largest absolute Gasteiger partial charge is 0.476 e. The Bertz CT molecular complexity index is 569. The summed E-state index contributed by atoms with van der Waals surface area (Å²) < 4.78 is 5.67. The number of nitrogens with one attached hydrogen (secondary N) is 1. The number of pyridine rings is 2. The number of ether oxygens (including phenoxy) is 1. The molecule has 0 amide bonds. The van der Waals surface area contributed by atoms with E-state index in [9.17, 15) is 0 Å². The van der Waals surface area contributed by atoms with Crippen molar-refractivity contribution in [1.82, 2.24) is 9.97 Å². The first kappa shape index (κ1) is 12.7. The molecule has 3 N–H and O–H groups in total. The van der Waals surface area contributed by atoms with E-state index in [0.717, 1.165) is 11.4 Å². The van der Waals surface area contributed by atoms with Crippen molar-refractivity contribution in [3.05, 3.63) is 42.2 Å². The molecule has 0 aliphatic heterocycles. The summed E-state index contributed by atoms with van der Waals surface area (Å²) in [5.74, 6) is 1.98. The number of aromatic nitrogens is 2. The first-order chi connectivity index (χ1) is 9.81. The highest BCUT2D eigenvalue weighted by atomic mass is 16.5. The van der Waals surface area contributed by atoms with Gasteiger partial charge < -0.3 is 15.8 Å². The third-order valence-corrected chi connectivity index (χ3v) is 3.27. The maximum absolute atomic E-state index is 5.88. The number of anilines is 2. The van der Waals surface area contributed by atoms with Crippen molar-refractivity contribution in [1.29, 1.82) is 0 Å². The van der Waals surface area contributed by atoms with Crippen LogP contribution in [0.3, 0.4) is 0 Å². The molecule has 1 saturated carbocycles. The second-order valence-electron chi connectivity index (χ2n) is 5.05. The smallest absolute Gasteiger partial charge is 0.239 e. The van der Waals surface area contributed by atoms with Gasteiger partial charge in [0, 0.05) is 18.9 Å². The maximum Gasteiger partial charge on any atom is 0.239 e. The molecule has 0 unspecified atom stereocenters. The van der Waals surface area contributed by atoms with E-state index in [1.54, 1.807) is 12.4 Å². The summed E-state index contributed by atoms with van der Waals surface area (Å²) in [6, 6.07) is 7.62. The van der Waals surface area contributed by atoms with Crippen LogP contribution in [0.5, 0.6) is 5.88 Å². The van der Waals surface area contributed by atoms with Crippen LogP contribution in [0.1, 0.15) is 18.4 Å². The Labute approximate surface area is 118 Å². The molecule has 1 aliphatic carbocycles. The lowest BCUT2D eigenvalue weighted by Crippen LogP contribution is -2.07. The predicted octanol–water partition coefficient (Wildman–Crippen LogP) is 2.46. The van der Waals surface area contributed by atoms with Gasteiger partial charge in [0.25, 0.3) is 0 Å². The third kappa shape index (κ3) is 3.38. The molecule has 104 valence electrons. The minimum absolute atomic E-state index is 0.525. The highest BCUT2D eigenvalue weighted by Crippen LogP contribution is 2.30. The van der Waals surface area contributed by atoms with Crippen LogP contribution in [0.15, 0.2) is 36.7 Å². The zero-order chi connectivity index (χ0) is 13.8. The van der Waals surface area contributed by atoms with Gasteiger partial charge in [0.15, 0.2) is 0 Å². The summed E-state index contributed by atoms with van der Waals surface area (Å²) in [5.41, 5.74) is 7.62. The number of nitrogens with zero attached hydrogens (tertiary/aromatic N) is 2. The molecule has 0 bridgehead atoms. The predicted molar refractivity (Wildman–Crippen MR) is 78.4 cm³/mol. The van der Waals surface area contributed by atoms with Gasteiger partial charge in [-0.25, -0.2) is 0 Å². The molecule has 1 aliphatic rings. The lowest BCUT2D eigenvalue weighted by atomic mass is 10.3. The highest BCUT2D eigenvalue weighted by Gasteiger charge is 2.22. The van der Waals surface area contributed by atoms with Crippen LogP contribution in [-0.2, 0) is 6.54 Å². The molecule has 0 radical (unpaired) electrons. The van der Waals surface area contributed by atoms with Crippen LogP contribution in [-0.4, -0.2) is 16.6 Å². The summed E-state index contributed by atoms with van der Waals surface area (Å²) in [4.78, 5) is 8.41. The van der Waals surface area contributed by atoms with E-state index in [4.69, 9.17) is 10.5 Å². The number of hydrogen-bond donors (Lipinski definition) is 2. The Balaban J connectivity index is 1.62. The van der Waals surface area contributed by atoms with E-state index in [1.807, 2.05) is 24.3 Å². The fourth-order valence-corrected chi connectivity index (χ4v) is 1.84. The number of hydrogen-bond acceptors (Lipinski definition) is 5. The molecule has 0 saturated heterocycles. The standard InChI is InChI=1S/C15H18N4O/c16-13-3-4-14(18-9-11-5-7-17-8-6-11)19-15(13)20-10-12-1-2-12/h3-8,12H,1-2,9-10,16H2,(H,18,19). The van der Waals surface area contributed by atoms with Crippen LogP contribution in [0.25, 0.3) is 0 Å². The molecular formula is C15H18N4O. The van der Waals surface area contributed by atoms with Crippen molar-refractivity contribution in [2.75, 3.05) is 17.7 Å². The Kier molecular flexibility index (Phi) is 3.67. The number of nitrogen functional groups attached to an aromatic ring is 1. The van der Waals surface area contributed by atoms with Gasteiger partial charge in [0.05, 0.1) is 12.3 Å². The van der Waals surface area contributed by atoms with Gasteiger partial charge in [-0.3, -0.25) is 4.98 Å². The normalized spacial score (nSPS) is 14.0. The molecule has 0 atom stereocenters. The average molecular weight is 270 g/mol. The summed E-state index contributed by atoms with van der Waals surface area (Å²) in [7, 11) is 0. The van der Waals surface area contributed by atoms with Crippen LogP contribution in [0, 0.1) is 5.92 Å². The van der Waals surface area contributed by atoms with Crippen molar-refractivity contribution in [3.8, 4) is 5.88 Å². The molecule has 0 spiro atoms. The maximum atomic E-state index is 5.88. The van der Waals surface area contributed by atoms with Crippen molar-refractivity contribution in [3.63, 3.8) is 0 Å². The van der Waals surface area contributed by atoms with Gasteiger partial charge in [0.2, 0.25) is 5.88 Å². The van der Waals surface area contributed by atoms with Gasteiger partial charge >= 0.3 is 0 Å². The zero-order valence-electron chi connectivity index (χ0n) is 11.2.